The average Bonchev–Trinajstić information content (AvgIpc) is 2.18. The fraction of sp³-hybridized carbons (Fsp3) is 0.455. The first-order valence-corrected chi connectivity index (χ1v) is 5.06. The molecule has 0 saturated carbocycles. The molecule has 0 radical (unpaired) electrons. The van der Waals surface area contributed by atoms with Gasteiger partial charge in [0, 0.05) is 6.04 Å². The minimum Gasteiger partial charge on any atom is -0.397 e. The molecule has 3 nitrogen and oxygen atoms in total. The summed E-state index contributed by atoms with van der Waals surface area (Å²) >= 11 is 0. The lowest BCUT2D eigenvalue weighted by atomic mass is 10.00. The van der Waals surface area contributed by atoms with Crippen LogP contribution in [0.5, 0.6) is 0 Å². The first-order valence-electron chi connectivity index (χ1n) is 5.06. The molecule has 0 spiro atoms. The van der Waals surface area contributed by atoms with Gasteiger partial charge in [0.15, 0.2) is 0 Å². The van der Waals surface area contributed by atoms with Gasteiger partial charge in [-0.05, 0) is 18.1 Å². The average molecular weight is 193 g/mol. The first kappa shape index (κ1) is 10.9. The van der Waals surface area contributed by atoms with Crippen molar-refractivity contribution < 1.29 is 0 Å². The van der Waals surface area contributed by atoms with E-state index in [0.717, 1.165) is 24.8 Å². The quantitative estimate of drug-likeness (QED) is 0.640. The molecule has 3 heteroatoms. The summed E-state index contributed by atoms with van der Waals surface area (Å²) in [5, 5.41) is 0. The number of nitrogen functional groups attached to an aromatic ring is 2. The fourth-order valence-electron chi connectivity index (χ4n) is 1.50. The van der Waals surface area contributed by atoms with Gasteiger partial charge in [-0.15, -0.1) is 0 Å². The van der Waals surface area contributed by atoms with E-state index in [0.29, 0.717) is 11.4 Å². The Bertz CT molecular complexity index is 297. The van der Waals surface area contributed by atoms with E-state index in [2.05, 4.69) is 6.92 Å². The summed E-state index contributed by atoms with van der Waals surface area (Å²) < 4.78 is 0. The Hall–Kier alpha value is -1.22. The van der Waals surface area contributed by atoms with Crippen LogP contribution >= 0.6 is 0 Å². The summed E-state index contributed by atoms with van der Waals surface area (Å²) in [5.41, 5.74) is 19.8. The third-order valence-electron chi connectivity index (χ3n) is 2.44. The molecule has 0 heterocycles. The molecule has 78 valence electrons. The zero-order valence-corrected chi connectivity index (χ0v) is 8.66. The highest BCUT2D eigenvalue weighted by molar-refractivity contribution is 5.67. The van der Waals surface area contributed by atoms with Gasteiger partial charge >= 0.3 is 0 Å². The standard InChI is InChI=1S/C11H19N3/c1-2-3-6-9(12)8-5-4-7-10(13)11(8)14/h4-5,7,9H,2-3,6,12-14H2,1H3. The van der Waals surface area contributed by atoms with Crippen LogP contribution in [0.2, 0.25) is 0 Å². The molecular formula is C11H19N3. The molecule has 1 unspecified atom stereocenters. The maximum absolute atomic E-state index is 6.02. The zero-order valence-electron chi connectivity index (χ0n) is 8.66. The zero-order chi connectivity index (χ0) is 10.6. The van der Waals surface area contributed by atoms with E-state index < -0.39 is 0 Å². The van der Waals surface area contributed by atoms with Crippen molar-refractivity contribution >= 4 is 11.4 Å². The van der Waals surface area contributed by atoms with Gasteiger partial charge in [0.25, 0.3) is 0 Å². The summed E-state index contributed by atoms with van der Waals surface area (Å²) in [5.74, 6) is 0. The molecule has 0 aromatic heterocycles. The summed E-state index contributed by atoms with van der Waals surface area (Å²) in [6, 6.07) is 5.66. The first-order chi connectivity index (χ1) is 6.66. The molecule has 0 fully saturated rings. The molecule has 1 aromatic carbocycles. The fourth-order valence-corrected chi connectivity index (χ4v) is 1.50. The molecule has 0 saturated heterocycles. The van der Waals surface area contributed by atoms with Crippen LogP contribution in [0.1, 0.15) is 37.8 Å². The summed E-state index contributed by atoms with van der Waals surface area (Å²) in [4.78, 5) is 0. The van der Waals surface area contributed by atoms with Crippen LogP contribution in [0, 0.1) is 0 Å². The van der Waals surface area contributed by atoms with Crippen LogP contribution in [0.4, 0.5) is 11.4 Å². The number of anilines is 2. The van der Waals surface area contributed by atoms with E-state index in [9.17, 15) is 0 Å². The Morgan fingerprint density at radius 3 is 2.64 bits per heavy atom. The SMILES string of the molecule is CCCCC(N)c1cccc(N)c1N. The van der Waals surface area contributed by atoms with Crippen molar-refractivity contribution in [3.63, 3.8) is 0 Å². The van der Waals surface area contributed by atoms with Gasteiger partial charge in [0.05, 0.1) is 11.4 Å². The molecule has 0 amide bonds. The normalized spacial score (nSPS) is 12.7. The predicted octanol–water partition coefficient (Wildman–Crippen LogP) is 2.04. The number of hydrogen-bond donors (Lipinski definition) is 3. The van der Waals surface area contributed by atoms with Crippen molar-refractivity contribution in [1.82, 2.24) is 0 Å². The van der Waals surface area contributed by atoms with E-state index in [1.807, 2.05) is 12.1 Å². The second kappa shape index (κ2) is 4.86. The molecule has 0 aliphatic heterocycles. The van der Waals surface area contributed by atoms with Gasteiger partial charge in [0.2, 0.25) is 0 Å². The van der Waals surface area contributed by atoms with Crippen LogP contribution in [0.25, 0.3) is 0 Å². The second-order valence-electron chi connectivity index (χ2n) is 3.60. The Balaban J connectivity index is 2.79. The van der Waals surface area contributed by atoms with Crippen LogP contribution < -0.4 is 17.2 Å². The van der Waals surface area contributed by atoms with E-state index in [1.165, 1.54) is 0 Å². The predicted molar refractivity (Wildman–Crippen MR) is 61.7 cm³/mol. The Morgan fingerprint density at radius 2 is 2.00 bits per heavy atom. The van der Waals surface area contributed by atoms with Crippen molar-refractivity contribution in [2.24, 2.45) is 5.73 Å². The molecule has 14 heavy (non-hydrogen) atoms. The van der Waals surface area contributed by atoms with Gasteiger partial charge in [-0.2, -0.15) is 0 Å². The topological polar surface area (TPSA) is 78.1 Å². The van der Waals surface area contributed by atoms with Crippen molar-refractivity contribution in [2.75, 3.05) is 11.5 Å². The third kappa shape index (κ3) is 2.39. The van der Waals surface area contributed by atoms with Crippen molar-refractivity contribution in [3.05, 3.63) is 23.8 Å². The van der Waals surface area contributed by atoms with E-state index in [-0.39, 0.29) is 6.04 Å². The Kier molecular flexibility index (Phi) is 3.77. The Labute approximate surface area is 85.3 Å². The smallest absolute Gasteiger partial charge is 0.0596 e. The van der Waals surface area contributed by atoms with E-state index >= 15 is 0 Å². The van der Waals surface area contributed by atoms with Crippen molar-refractivity contribution in [3.8, 4) is 0 Å². The van der Waals surface area contributed by atoms with Gasteiger partial charge < -0.3 is 17.2 Å². The molecule has 1 aromatic rings. The number of para-hydroxylation sites is 1. The van der Waals surface area contributed by atoms with Crippen LogP contribution in [-0.4, -0.2) is 0 Å². The highest BCUT2D eigenvalue weighted by Gasteiger charge is 2.09. The minimum atomic E-state index is 0.0125. The lowest BCUT2D eigenvalue weighted by Crippen LogP contribution is -2.13. The number of rotatable bonds is 4. The molecule has 0 bridgehead atoms. The van der Waals surface area contributed by atoms with E-state index in [1.54, 1.807) is 6.07 Å². The maximum atomic E-state index is 6.02. The number of unbranched alkanes of at least 4 members (excludes halogenated alkanes) is 1. The van der Waals surface area contributed by atoms with Crippen molar-refractivity contribution in [2.45, 2.75) is 32.2 Å². The van der Waals surface area contributed by atoms with Gasteiger partial charge in [0.1, 0.15) is 0 Å². The molecule has 1 rings (SSSR count). The maximum Gasteiger partial charge on any atom is 0.0596 e. The molecular weight excluding hydrogens is 174 g/mol. The van der Waals surface area contributed by atoms with E-state index in [4.69, 9.17) is 17.2 Å². The van der Waals surface area contributed by atoms with Crippen LogP contribution in [-0.2, 0) is 0 Å². The third-order valence-corrected chi connectivity index (χ3v) is 2.44. The van der Waals surface area contributed by atoms with Gasteiger partial charge in [-0.1, -0.05) is 31.9 Å². The Morgan fingerprint density at radius 1 is 1.29 bits per heavy atom. The summed E-state index contributed by atoms with van der Waals surface area (Å²) in [6.07, 6.45) is 3.23. The molecule has 1 atom stereocenters. The lowest BCUT2D eigenvalue weighted by Gasteiger charge is -2.15. The second-order valence-corrected chi connectivity index (χ2v) is 3.60. The highest BCUT2D eigenvalue weighted by Crippen LogP contribution is 2.26. The highest BCUT2D eigenvalue weighted by atomic mass is 14.7. The lowest BCUT2D eigenvalue weighted by molar-refractivity contribution is 0.605. The number of nitrogens with two attached hydrogens (primary N) is 3. The molecule has 0 aliphatic rings. The molecule has 6 N–H and O–H groups in total. The van der Waals surface area contributed by atoms with Crippen LogP contribution in [0.15, 0.2) is 18.2 Å². The van der Waals surface area contributed by atoms with Crippen LogP contribution in [0.3, 0.4) is 0 Å². The number of hydrogen-bond acceptors (Lipinski definition) is 3. The van der Waals surface area contributed by atoms with Gasteiger partial charge in [-0.25, -0.2) is 0 Å². The molecule has 0 aliphatic carbocycles. The minimum absolute atomic E-state index is 0.0125. The summed E-state index contributed by atoms with van der Waals surface area (Å²) in [7, 11) is 0. The van der Waals surface area contributed by atoms with Crippen molar-refractivity contribution in [1.29, 1.82) is 0 Å². The number of benzene rings is 1. The van der Waals surface area contributed by atoms with Gasteiger partial charge in [-0.3, -0.25) is 0 Å². The largest absolute Gasteiger partial charge is 0.397 e. The monoisotopic (exact) mass is 193 g/mol. The summed E-state index contributed by atoms with van der Waals surface area (Å²) in [6.45, 7) is 2.15.